The molecule has 1 aliphatic rings. The van der Waals surface area contributed by atoms with Crippen molar-refractivity contribution < 1.29 is 9.84 Å². The average Bonchev–Trinajstić information content (AvgIpc) is 2.40. The van der Waals surface area contributed by atoms with Crippen molar-refractivity contribution in [3.8, 4) is 6.07 Å². The highest BCUT2D eigenvalue weighted by Crippen LogP contribution is 2.27. The molecule has 0 aliphatic carbocycles. The lowest BCUT2D eigenvalue weighted by Gasteiger charge is -2.24. The molecule has 0 amide bonds. The minimum Gasteiger partial charge on any atom is -0.388 e. The Hall–Kier alpha value is -1.37. The van der Waals surface area contributed by atoms with E-state index in [9.17, 15) is 5.11 Å². The molecule has 1 aromatic carbocycles. The van der Waals surface area contributed by atoms with E-state index < -0.39 is 6.10 Å². The molecule has 1 heterocycles. The van der Waals surface area contributed by atoms with Crippen LogP contribution >= 0.6 is 0 Å². The molecule has 0 aromatic heterocycles. The van der Waals surface area contributed by atoms with Gasteiger partial charge in [0.15, 0.2) is 0 Å². The maximum absolute atomic E-state index is 10.1. The van der Waals surface area contributed by atoms with Crippen LogP contribution in [0.5, 0.6) is 0 Å². The zero-order chi connectivity index (χ0) is 12.1. The molecule has 3 heteroatoms. The predicted molar refractivity (Wildman–Crippen MR) is 64.3 cm³/mol. The third kappa shape index (κ3) is 3.29. The van der Waals surface area contributed by atoms with Gasteiger partial charge in [-0.3, -0.25) is 0 Å². The first-order chi connectivity index (χ1) is 8.29. The van der Waals surface area contributed by atoms with Crippen molar-refractivity contribution in [2.75, 3.05) is 13.2 Å². The summed E-state index contributed by atoms with van der Waals surface area (Å²) in [4.78, 5) is 0. The van der Waals surface area contributed by atoms with E-state index in [0.29, 0.717) is 11.5 Å². The van der Waals surface area contributed by atoms with Gasteiger partial charge in [0.05, 0.1) is 17.7 Å². The number of nitrogens with zero attached hydrogens (tertiary/aromatic N) is 1. The minimum absolute atomic E-state index is 0.425. The highest BCUT2D eigenvalue weighted by atomic mass is 16.5. The maximum atomic E-state index is 10.1. The molecule has 1 aromatic rings. The lowest BCUT2D eigenvalue weighted by atomic mass is 9.91. The Bertz CT molecular complexity index is 388. The van der Waals surface area contributed by atoms with Crippen LogP contribution in [0, 0.1) is 17.2 Å². The number of ether oxygens (including phenoxy) is 1. The van der Waals surface area contributed by atoms with Crippen LogP contribution in [0.2, 0.25) is 0 Å². The number of rotatable bonds is 3. The summed E-state index contributed by atoms with van der Waals surface area (Å²) >= 11 is 0. The number of benzene rings is 1. The summed E-state index contributed by atoms with van der Waals surface area (Å²) in [6.45, 7) is 1.62. The molecule has 1 saturated heterocycles. The van der Waals surface area contributed by atoms with Crippen LogP contribution in [0.4, 0.5) is 0 Å². The fourth-order valence-corrected chi connectivity index (χ4v) is 2.21. The molecule has 2 rings (SSSR count). The molecule has 90 valence electrons. The first kappa shape index (κ1) is 12.1. The molecule has 3 nitrogen and oxygen atoms in total. The van der Waals surface area contributed by atoms with Gasteiger partial charge in [-0.05, 0) is 42.9 Å². The van der Waals surface area contributed by atoms with E-state index in [1.165, 1.54) is 0 Å². The Morgan fingerprint density at radius 3 is 2.53 bits per heavy atom. The van der Waals surface area contributed by atoms with E-state index in [2.05, 4.69) is 6.07 Å². The topological polar surface area (TPSA) is 53.2 Å². The number of nitriles is 1. The molecule has 1 N–H and O–H groups in total. The molecule has 0 spiro atoms. The summed E-state index contributed by atoms with van der Waals surface area (Å²) in [5, 5.41) is 18.8. The van der Waals surface area contributed by atoms with Gasteiger partial charge in [-0.25, -0.2) is 0 Å². The lowest BCUT2D eigenvalue weighted by molar-refractivity contribution is 0.0435. The molecular formula is C14H17NO2. The van der Waals surface area contributed by atoms with Crippen LogP contribution in [-0.2, 0) is 4.74 Å². The van der Waals surface area contributed by atoms with Crippen molar-refractivity contribution in [3.05, 3.63) is 35.4 Å². The Morgan fingerprint density at radius 2 is 1.94 bits per heavy atom. The monoisotopic (exact) mass is 231 g/mol. The second-order valence-corrected chi connectivity index (χ2v) is 4.54. The van der Waals surface area contributed by atoms with Gasteiger partial charge >= 0.3 is 0 Å². The first-order valence-electron chi connectivity index (χ1n) is 6.05. The maximum Gasteiger partial charge on any atom is 0.0991 e. The van der Waals surface area contributed by atoms with Gasteiger partial charge in [0.1, 0.15) is 0 Å². The summed E-state index contributed by atoms with van der Waals surface area (Å²) in [5.41, 5.74) is 1.53. The molecule has 1 unspecified atom stereocenters. The summed E-state index contributed by atoms with van der Waals surface area (Å²) < 4.78 is 5.30. The van der Waals surface area contributed by atoms with Crippen molar-refractivity contribution in [2.45, 2.75) is 25.4 Å². The lowest BCUT2D eigenvalue weighted by Crippen LogP contribution is -2.18. The van der Waals surface area contributed by atoms with Gasteiger partial charge in [0.25, 0.3) is 0 Å². The molecule has 17 heavy (non-hydrogen) atoms. The predicted octanol–water partition coefficient (Wildman–Crippen LogP) is 2.41. The van der Waals surface area contributed by atoms with Gasteiger partial charge in [-0.1, -0.05) is 12.1 Å². The van der Waals surface area contributed by atoms with Crippen molar-refractivity contribution in [1.29, 1.82) is 5.26 Å². The summed E-state index contributed by atoms with van der Waals surface area (Å²) in [6, 6.07) is 9.25. The molecule has 1 atom stereocenters. The third-order valence-electron chi connectivity index (χ3n) is 3.32. The Morgan fingerprint density at radius 1 is 1.29 bits per heavy atom. The van der Waals surface area contributed by atoms with Gasteiger partial charge in [-0.15, -0.1) is 0 Å². The highest BCUT2D eigenvalue weighted by Gasteiger charge is 2.18. The molecule has 0 bridgehead atoms. The standard InChI is InChI=1S/C14H17NO2/c15-10-12-1-3-13(4-2-12)14(16)9-11-5-7-17-8-6-11/h1-4,11,14,16H,5-9H2. The summed E-state index contributed by atoms with van der Waals surface area (Å²) in [7, 11) is 0. The Kier molecular flexibility index (Phi) is 4.13. The van der Waals surface area contributed by atoms with Crippen LogP contribution in [-0.4, -0.2) is 18.3 Å². The van der Waals surface area contributed by atoms with Crippen LogP contribution in [0.25, 0.3) is 0 Å². The van der Waals surface area contributed by atoms with Gasteiger partial charge in [0, 0.05) is 13.2 Å². The number of hydrogen-bond donors (Lipinski definition) is 1. The molecule has 1 aliphatic heterocycles. The molecule has 1 fully saturated rings. The fraction of sp³-hybridized carbons (Fsp3) is 0.500. The van der Waals surface area contributed by atoms with Crippen molar-refractivity contribution in [3.63, 3.8) is 0 Å². The van der Waals surface area contributed by atoms with Crippen LogP contribution < -0.4 is 0 Å². The average molecular weight is 231 g/mol. The number of aliphatic hydroxyl groups excluding tert-OH is 1. The fourth-order valence-electron chi connectivity index (χ4n) is 2.21. The highest BCUT2D eigenvalue weighted by molar-refractivity contribution is 5.32. The third-order valence-corrected chi connectivity index (χ3v) is 3.32. The zero-order valence-electron chi connectivity index (χ0n) is 9.80. The smallest absolute Gasteiger partial charge is 0.0991 e. The molecular weight excluding hydrogens is 214 g/mol. The van der Waals surface area contributed by atoms with Crippen molar-refractivity contribution in [1.82, 2.24) is 0 Å². The van der Waals surface area contributed by atoms with Gasteiger partial charge in [0.2, 0.25) is 0 Å². The zero-order valence-corrected chi connectivity index (χ0v) is 9.80. The van der Waals surface area contributed by atoms with E-state index in [-0.39, 0.29) is 0 Å². The van der Waals surface area contributed by atoms with Gasteiger partial charge < -0.3 is 9.84 Å². The second kappa shape index (κ2) is 5.81. The number of hydrogen-bond acceptors (Lipinski definition) is 3. The number of aliphatic hydroxyl groups is 1. The molecule has 0 saturated carbocycles. The van der Waals surface area contributed by atoms with E-state index in [1.54, 1.807) is 12.1 Å². The van der Waals surface area contributed by atoms with E-state index in [4.69, 9.17) is 10.00 Å². The Labute approximate surface area is 102 Å². The van der Waals surface area contributed by atoms with E-state index in [1.807, 2.05) is 12.1 Å². The SMILES string of the molecule is N#Cc1ccc(C(O)CC2CCOCC2)cc1. The Balaban J connectivity index is 1.94. The summed E-state index contributed by atoms with van der Waals surface area (Å²) in [6.07, 6.45) is 2.43. The van der Waals surface area contributed by atoms with Crippen LogP contribution in [0.1, 0.15) is 36.5 Å². The quantitative estimate of drug-likeness (QED) is 0.869. The summed E-state index contributed by atoms with van der Waals surface area (Å²) in [5.74, 6) is 0.550. The van der Waals surface area contributed by atoms with Crippen molar-refractivity contribution >= 4 is 0 Å². The van der Waals surface area contributed by atoms with Gasteiger partial charge in [-0.2, -0.15) is 5.26 Å². The van der Waals surface area contributed by atoms with E-state index in [0.717, 1.165) is 38.0 Å². The molecule has 0 radical (unpaired) electrons. The second-order valence-electron chi connectivity index (χ2n) is 4.54. The minimum atomic E-state index is -0.425. The van der Waals surface area contributed by atoms with E-state index >= 15 is 0 Å². The van der Waals surface area contributed by atoms with Crippen LogP contribution in [0.3, 0.4) is 0 Å². The normalized spacial score (nSPS) is 18.6. The van der Waals surface area contributed by atoms with Crippen LogP contribution in [0.15, 0.2) is 24.3 Å². The first-order valence-corrected chi connectivity index (χ1v) is 6.05. The largest absolute Gasteiger partial charge is 0.388 e. The van der Waals surface area contributed by atoms with Crippen molar-refractivity contribution in [2.24, 2.45) is 5.92 Å².